The molecule has 0 aliphatic heterocycles. The highest BCUT2D eigenvalue weighted by molar-refractivity contribution is 5.86. The van der Waals surface area contributed by atoms with Gasteiger partial charge in [0.1, 0.15) is 23.6 Å². The van der Waals surface area contributed by atoms with Gasteiger partial charge < -0.3 is 13.7 Å². The Hall–Kier alpha value is -2.56. The Bertz CT molecular complexity index is 785. The summed E-state index contributed by atoms with van der Waals surface area (Å²) in [6.45, 7) is 3.90. The quantitative estimate of drug-likeness (QED) is 0.688. The number of furan rings is 1. The molecule has 0 amide bonds. The van der Waals surface area contributed by atoms with Crippen molar-refractivity contribution in [2.45, 2.75) is 26.9 Å². The largest absolute Gasteiger partial charge is 0.464 e. The summed E-state index contributed by atoms with van der Waals surface area (Å²) in [5, 5.41) is 4.71. The zero-order chi connectivity index (χ0) is 14.8. The van der Waals surface area contributed by atoms with Crippen LogP contribution in [0.5, 0.6) is 0 Å². The summed E-state index contributed by atoms with van der Waals surface area (Å²) in [6.07, 6.45) is 1.78. The SMILES string of the molecule is Cc1ccc2c(CC(=O)OCc3cc(C)on3)coc2c1. The Morgan fingerprint density at radius 1 is 1.29 bits per heavy atom. The van der Waals surface area contributed by atoms with Gasteiger partial charge in [0.25, 0.3) is 0 Å². The summed E-state index contributed by atoms with van der Waals surface area (Å²) in [5.74, 6) is 0.371. The Morgan fingerprint density at radius 2 is 2.14 bits per heavy atom. The van der Waals surface area contributed by atoms with Gasteiger partial charge >= 0.3 is 5.97 Å². The van der Waals surface area contributed by atoms with Gasteiger partial charge in [-0.25, -0.2) is 0 Å². The molecule has 0 aliphatic rings. The maximum absolute atomic E-state index is 11.9. The van der Waals surface area contributed by atoms with E-state index < -0.39 is 0 Å². The van der Waals surface area contributed by atoms with Crippen LogP contribution in [-0.4, -0.2) is 11.1 Å². The first kappa shape index (κ1) is 13.4. The van der Waals surface area contributed by atoms with Crippen LogP contribution in [0.1, 0.15) is 22.6 Å². The summed E-state index contributed by atoms with van der Waals surface area (Å²) in [5.41, 5.74) is 3.33. The van der Waals surface area contributed by atoms with Crippen molar-refractivity contribution >= 4 is 16.9 Å². The lowest BCUT2D eigenvalue weighted by atomic mass is 10.1. The molecule has 0 spiro atoms. The molecular formula is C16H15NO4. The van der Waals surface area contributed by atoms with Crippen LogP contribution in [0.15, 0.2) is 39.5 Å². The minimum Gasteiger partial charge on any atom is -0.464 e. The number of hydrogen-bond acceptors (Lipinski definition) is 5. The monoisotopic (exact) mass is 285 g/mol. The third-order valence-corrected chi connectivity index (χ3v) is 3.20. The molecule has 0 fully saturated rings. The van der Waals surface area contributed by atoms with E-state index >= 15 is 0 Å². The van der Waals surface area contributed by atoms with E-state index in [2.05, 4.69) is 5.16 Å². The summed E-state index contributed by atoms with van der Waals surface area (Å²) >= 11 is 0. The molecule has 3 rings (SSSR count). The third kappa shape index (κ3) is 2.97. The highest BCUT2D eigenvalue weighted by Crippen LogP contribution is 2.23. The predicted octanol–water partition coefficient (Wildman–Crippen LogP) is 3.32. The summed E-state index contributed by atoms with van der Waals surface area (Å²) in [4.78, 5) is 11.9. The summed E-state index contributed by atoms with van der Waals surface area (Å²) < 4.78 is 15.6. The van der Waals surface area contributed by atoms with Gasteiger partial charge in [-0.2, -0.15) is 0 Å². The van der Waals surface area contributed by atoms with Gasteiger partial charge in [-0.1, -0.05) is 17.3 Å². The third-order valence-electron chi connectivity index (χ3n) is 3.20. The fourth-order valence-corrected chi connectivity index (χ4v) is 2.17. The number of aromatic nitrogens is 1. The van der Waals surface area contributed by atoms with Crippen LogP contribution in [-0.2, 0) is 22.6 Å². The Morgan fingerprint density at radius 3 is 2.90 bits per heavy atom. The van der Waals surface area contributed by atoms with Crippen molar-refractivity contribution in [2.75, 3.05) is 0 Å². The molecule has 5 nitrogen and oxygen atoms in total. The van der Waals surface area contributed by atoms with Gasteiger partial charge in [0.2, 0.25) is 0 Å². The number of esters is 1. The molecule has 2 aromatic heterocycles. The number of fused-ring (bicyclic) bond motifs is 1. The van der Waals surface area contributed by atoms with Crippen LogP contribution in [0.3, 0.4) is 0 Å². The van der Waals surface area contributed by atoms with Crippen LogP contribution in [0.25, 0.3) is 11.0 Å². The van der Waals surface area contributed by atoms with Crippen molar-refractivity contribution in [2.24, 2.45) is 0 Å². The predicted molar refractivity (Wildman–Crippen MR) is 75.7 cm³/mol. The van der Waals surface area contributed by atoms with E-state index in [-0.39, 0.29) is 19.0 Å². The molecule has 1 aromatic carbocycles. The molecule has 21 heavy (non-hydrogen) atoms. The Labute approximate surface area is 121 Å². The molecule has 0 saturated carbocycles. The smallest absolute Gasteiger partial charge is 0.310 e. The first-order valence-electron chi connectivity index (χ1n) is 6.66. The second-order valence-electron chi connectivity index (χ2n) is 5.03. The zero-order valence-corrected chi connectivity index (χ0v) is 11.9. The molecule has 0 radical (unpaired) electrons. The fourth-order valence-electron chi connectivity index (χ4n) is 2.17. The van der Waals surface area contributed by atoms with E-state index in [0.29, 0.717) is 11.5 Å². The first-order chi connectivity index (χ1) is 10.1. The van der Waals surface area contributed by atoms with Crippen molar-refractivity contribution in [3.63, 3.8) is 0 Å². The number of carbonyl (C=O) groups is 1. The second kappa shape index (κ2) is 5.44. The molecule has 0 bridgehead atoms. The summed E-state index contributed by atoms with van der Waals surface area (Å²) in [6, 6.07) is 7.63. The minimum atomic E-state index is -0.320. The van der Waals surface area contributed by atoms with Crippen LogP contribution in [0.2, 0.25) is 0 Å². The van der Waals surface area contributed by atoms with E-state index in [1.165, 1.54) is 0 Å². The van der Waals surface area contributed by atoms with Crippen molar-refractivity contribution < 1.29 is 18.5 Å². The van der Waals surface area contributed by atoms with E-state index in [4.69, 9.17) is 13.7 Å². The Kier molecular flexibility index (Phi) is 3.48. The lowest BCUT2D eigenvalue weighted by molar-refractivity contribution is -0.144. The highest BCUT2D eigenvalue weighted by atomic mass is 16.5. The number of carbonyl (C=O) groups excluding carboxylic acids is 1. The molecule has 0 saturated heterocycles. The lowest BCUT2D eigenvalue weighted by Gasteiger charge is -2.01. The van der Waals surface area contributed by atoms with E-state index in [0.717, 1.165) is 22.1 Å². The molecule has 2 heterocycles. The number of hydrogen-bond donors (Lipinski definition) is 0. The number of ether oxygens (including phenoxy) is 1. The van der Waals surface area contributed by atoms with E-state index in [9.17, 15) is 4.79 Å². The average molecular weight is 285 g/mol. The average Bonchev–Trinajstić information content (AvgIpc) is 3.03. The molecule has 0 unspecified atom stereocenters. The van der Waals surface area contributed by atoms with Gasteiger partial charge in [-0.3, -0.25) is 4.79 Å². The van der Waals surface area contributed by atoms with Crippen molar-refractivity contribution in [1.29, 1.82) is 0 Å². The maximum atomic E-state index is 11.9. The molecule has 0 N–H and O–H groups in total. The first-order valence-corrected chi connectivity index (χ1v) is 6.66. The standard InChI is InChI=1S/C16H15NO4/c1-10-3-4-14-12(8-19-15(14)5-10)7-16(18)20-9-13-6-11(2)21-17-13/h3-6,8H,7,9H2,1-2H3. The Balaban J connectivity index is 1.66. The second-order valence-corrected chi connectivity index (χ2v) is 5.03. The van der Waals surface area contributed by atoms with Crippen molar-refractivity contribution in [3.8, 4) is 0 Å². The lowest BCUT2D eigenvalue weighted by Crippen LogP contribution is -2.07. The van der Waals surface area contributed by atoms with E-state index in [1.54, 1.807) is 19.3 Å². The van der Waals surface area contributed by atoms with Crippen LogP contribution >= 0.6 is 0 Å². The van der Waals surface area contributed by atoms with Crippen molar-refractivity contribution in [3.05, 3.63) is 53.1 Å². The molecule has 5 heteroatoms. The van der Waals surface area contributed by atoms with Crippen LogP contribution < -0.4 is 0 Å². The van der Waals surface area contributed by atoms with E-state index in [1.807, 2.05) is 25.1 Å². The number of aryl methyl sites for hydroxylation is 2. The number of nitrogens with zero attached hydrogens (tertiary/aromatic N) is 1. The molecule has 0 atom stereocenters. The van der Waals surface area contributed by atoms with Gasteiger partial charge in [-0.15, -0.1) is 0 Å². The maximum Gasteiger partial charge on any atom is 0.310 e. The highest BCUT2D eigenvalue weighted by Gasteiger charge is 2.12. The summed E-state index contributed by atoms with van der Waals surface area (Å²) in [7, 11) is 0. The minimum absolute atomic E-state index is 0.116. The topological polar surface area (TPSA) is 65.5 Å². The van der Waals surface area contributed by atoms with Crippen molar-refractivity contribution in [1.82, 2.24) is 5.16 Å². The van der Waals surface area contributed by atoms with Gasteiger partial charge in [0, 0.05) is 17.0 Å². The number of benzene rings is 1. The van der Waals surface area contributed by atoms with Gasteiger partial charge in [-0.05, 0) is 25.5 Å². The normalized spacial score (nSPS) is 11.0. The molecule has 3 aromatic rings. The van der Waals surface area contributed by atoms with Gasteiger partial charge in [0.05, 0.1) is 12.7 Å². The van der Waals surface area contributed by atoms with Gasteiger partial charge in [0.15, 0.2) is 0 Å². The molecular weight excluding hydrogens is 270 g/mol. The van der Waals surface area contributed by atoms with Crippen LogP contribution in [0, 0.1) is 13.8 Å². The zero-order valence-electron chi connectivity index (χ0n) is 11.9. The molecule has 108 valence electrons. The van der Waals surface area contributed by atoms with Crippen LogP contribution in [0.4, 0.5) is 0 Å². The fraction of sp³-hybridized carbons (Fsp3) is 0.250. The molecule has 0 aliphatic carbocycles. The number of rotatable bonds is 4.